The van der Waals surface area contributed by atoms with Crippen LogP contribution in [0.2, 0.25) is 0 Å². The molecule has 10 aromatic carbocycles. The SMILES string of the molecule is [2H]c1c([2H])c([2H])c(-c2ccc(N(c3ccccc3)c3ccc(-c4ccc5c6c7ccccc7c7ccccc7c6n(-c6ccc(-c7ccccc7)cc6)c5c4)cc3)cc2)c([2H])c1[2H]. The Labute approximate surface area is 345 Å². The summed E-state index contributed by atoms with van der Waals surface area (Å²) in [7, 11) is 0. The van der Waals surface area contributed by atoms with E-state index in [1.165, 1.54) is 49.0 Å². The van der Waals surface area contributed by atoms with E-state index in [2.05, 4.69) is 161 Å². The van der Waals surface area contributed by atoms with Gasteiger partial charge < -0.3 is 9.47 Å². The van der Waals surface area contributed by atoms with Crippen molar-refractivity contribution in [3.63, 3.8) is 0 Å². The maximum atomic E-state index is 8.52. The first kappa shape index (κ1) is 28.7. The number of para-hydroxylation sites is 1. The van der Waals surface area contributed by atoms with E-state index in [9.17, 15) is 0 Å². The number of hydrogen-bond donors (Lipinski definition) is 0. The lowest BCUT2D eigenvalue weighted by Crippen LogP contribution is -2.09. The third-order valence-corrected chi connectivity index (χ3v) is 11.3. The van der Waals surface area contributed by atoms with Crippen LogP contribution < -0.4 is 4.90 Å². The van der Waals surface area contributed by atoms with E-state index in [-0.39, 0.29) is 29.7 Å². The van der Waals surface area contributed by atoms with Crippen molar-refractivity contribution in [1.82, 2.24) is 4.57 Å². The Kier molecular flexibility index (Phi) is 6.98. The van der Waals surface area contributed by atoms with Gasteiger partial charge in [0.1, 0.15) is 0 Å². The van der Waals surface area contributed by atoms with Crippen LogP contribution >= 0.6 is 0 Å². The zero-order valence-corrected chi connectivity index (χ0v) is 31.4. The van der Waals surface area contributed by atoms with E-state index in [4.69, 9.17) is 6.85 Å². The van der Waals surface area contributed by atoms with Gasteiger partial charge >= 0.3 is 0 Å². The lowest BCUT2D eigenvalue weighted by atomic mass is 9.96. The van der Waals surface area contributed by atoms with Crippen LogP contribution in [0.15, 0.2) is 230 Å². The highest BCUT2D eigenvalue weighted by Crippen LogP contribution is 2.44. The highest BCUT2D eigenvalue weighted by molar-refractivity contribution is 6.32. The summed E-state index contributed by atoms with van der Waals surface area (Å²) in [5.41, 5.74) is 11.5. The Morgan fingerprint density at radius 3 is 1.47 bits per heavy atom. The van der Waals surface area contributed by atoms with Crippen molar-refractivity contribution in [1.29, 1.82) is 0 Å². The molecule has 1 heterocycles. The van der Waals surface area contributed by atoms with E-state index in [1.54, 1.807) is 0 Å². The summed E-state index contributed by atoms with van der Waals surface area (Å²) < 4.78 is 43.9. The molecule has 0 amide bonds. The molecule has 0 fully saturated rings. The molecule has 11 rings (SSSR count). The molecule has 0 bridgehead atoms. The van der Waals surface area contributed by atoms with Crippen molar-refractivity contribution >= 4 is 60.4 Å². The van der Waals surface area contributed by atoms with Crippen LogP contribution in [0, 0.1) is 0 Å². The summed E-state index contributed by atoms with van der Waals surface area (Å²) in [6.07, 6.45) is 0. The highest BCUT2D eigenvalue weighted by atomic mass is 15.1. The molecule has 2 nitrogen and oxygen atoms in total. The van der Waals surface area contributed by atoms with Crippen molar-refractivity contribution in [2.24, 2.45) is 0 Å². The van der Waals surface area contributed by atoms with E-state index >= 15 is 0 Å². The van der Waals surface area contributed by atoms with Gasteiger partial charge in [-0.05, 0) is 104 Å². The van der Waals surface area contributed by atoms with Gasteiger partial charge in [0.15, 0.2) is 0 Å². The Balaban J connectivity index is 1.04. The predicted octanol–water partition coefficient (Wildman–Crippen LogP) is 15.6. The quantitative estimate of drug-likeness (QED) is 0.148. The van der Waals surface area contributed by atoms with Gasteiger partial charge in [0, 0.05) is 38.9 Å². The zero-order valence-electron chi connectivity index (χ0n) is 36.4. The van der Waals surface area contributed by atoms with Gasteiger partial charge in [0.2, 0.25) is 0 Å². The minimum absolute atomic E-state index is 0.185. The van der Waals surface area contributed by atoms with Gasteiger partial charge in [-0.3, -0.25) is 0 Å². The standard InChI is InChI=1S/C56H38N2/c1-4-14-39(15-5-1)41-24-31-46(32-25-41)57(45-18-8-3-9-19-45)47-33-28-43(29-34-47)44-30-37-53-54(38-44)58(48-35-26-42(27-36-48)40-16-6-2-7-17-40)56-52-23-13-11-21-50(52)49-20-10-12-22-51(49)55(53)56/h1-38H/i1D,4D,5D,14D,15D. The second-order valence-electron chi connectivity index (χ2n) is 14.6. The highest BCUT2D eigenvalue weighted by Gasteiger charge is 2.20. The molecule has 272 valence electrons. The molecule has 0 unspecified atom stereocenters. The van der Waals surface area contributed by atoms with Crippen molar-refractivity contribution in [3.05, 3.63) is 230 Å². The molecule has 0 atom stereocenters. The Bertz CT molecular complexity index is 3500. The predicted molar refractivity (Wildman–Crippen MR) is 247 cm³/mol. The lowest BCUT2D eigenvalue weighted by Gasteiger charge is -2.26. The van der Waals surface area contributed by atoms with Crippen molar-refractivity contribution in [3.8, 4) is 39.1 Å². The van der Waals surface area contributed by atoms with Gasteiger partial charge in [-0.25, -0.2) is 0 Å². The normalized spacial score (nSPS) is 12.7. The minimum atomic E-state index is -0.401. The Morgan fingerprint density at radius 2 is 0.810 bits per heavy atom. The van der Waals surface area contributed by atoms with Crippen LogP contribution in [-0.2, 0) is 0 Å². The fraction of sp³-hybridized carbons (Fsp3) is 0. The summed E-state index contributed by atoms with van der Waals surface area (Å²) in [6.45, 7) is 0. The molecule has 2 heteroatoms. The van der Waals surface area contributed by atoms with Gasteiger partial charge in [0.05, 0.1) is 17.9 Å². The number of hydrogen-bond acceptors (Lipinski definition) is 1. The number of fused-ring (bicyclic) bond motifs is 8. The van der Waals surface area contributed by atoms with Gasteiger partial charge in [-0.2, -0.15) is 0 Å². The molecule has 0 saturated heterocycles. The van der Waals surface area contributed by atoms with Gasteiger partial charge in [-0.15, -0.1) is 0 Å². The maximum Gasteiger partial charge on any atom is 0.0629 e. The molecule has 0 aliphatic heterocycles. The molecule has 58 heavy (non-hydrogen) atoms. The van der Waals surface area contributed by atoms with Crippen LogP contribution in [0.4, 0.5) is 17.1 Å². The van der Waals surface area contributed by atoms with Crippen molar-refractivity contribution in [2.45, 2.75) is 0 Å². The molecule has 1 aromatic heterocycles. The van der Waals surface area contributed by atoms with Crippen LogP contribution in [0.3, 0.4) is 0 Å². The van der Waals surface area contributed by atoms with Crippen LogP contribution in [0.5, 0.6) is 0 Å². The zero-order chi connectivity index (χ0) is 42.8. The number of anilines is 3. The van der Waals surface area contributed by atoms with Crippen molar-refractivity contribution in [2.75, 3.05) is 4.90 Å². The minimum Gasteiger partial charge on any atom is -0.311 e. The second kappa shape index (κ2) is 14.1. The summed E-state index contributed by atoms with van der Waals surface area (Å²) in [5.74, 6) is 0. The molecule has 0 N–H and O–H groups in total. The number of aromatic nitrogens is 1. The van der Waals surface area contributed by atoms with Gasteiger partial charge in [0.25, 0.3) is 0 Å². The molecular weight excluding hydrogens is 701 g/mol. The topological polar surface area (TPSA) is 8.17 Å². The molecular formula is C56H38N2. The molecule has 11 aromatic rings. The van der Waals surface area contributed by atoms with Gasteiger partial charge in [-0.1, -0.05) is 176 Å². The average Bonchev–Trinajstić information content (AvgIpc) is 3.69. The smallest absolute Gasteiger partial charge is 0.0629 e. The van der Waals surface area contributed by atoms with Crippen LogP contribution in [0.1, 0.15) is 6.85 Å². The first-order chi connectivity index (χ1) is 30.9. The molecule has 0 spiro atoms. The second-order valence-corrected chi connectivity index (χ2v) is 14.6. The van der Waals surface area contributed by atoms with E-state index in [1.807, 2.05) is 48.5 Å². The third-order valence-electron chi connectivity index (χ3n) is 11.3. The van der Waals surface area contributed by atoms with Crippen molar-refractivity contribution < 1.29 is 6.85 Å². The van der Waals surface area contributed by atoms with Crippen LogP contribution in [0.25, 0.3) is 82.4 Å². The number of rotatable bonds is 7. The summed E-state index contributed by atoms with van der Waals surface area (Å²) in [4.78, 5) is 2.16. The Morgan fingerprint density at radius 1 is 0.345 bits per heavy atom. The lowest BCUT2D eigenvalue weighted by molar-refractivity contribution is 1.19. The summed E-state index contributed by atoms with van der Waals surface area (Å²) >= 11 is 0. The van der Waals surface area contributed by atoms with Crippen LogP contribution in [-0.4, -0.2) is 4.57 Å². The molecule has 0 radical (unpaired) electrons. The first-order valence-electron chi connectivity index (χ1n) is 22.0. The summed E-state index contributed by atoms with van der Waals surface area (Å²) in [6, 6.07) is 68.5. The van der Waals surface area contributed by atoms with E-state index in [0.29, 0.717) is 5.56 Å². The third kappa shape index (κ3) is 5.74. The average molecular weight is 744 g/mol. The maximum absolute atomic E-state index is 8.52. The first-order valence-corrected chi connectivity index (χ1v) is 19.5. The number of benzene rings is 10. The van der Waals surface area contributed by atoms with E-state index in [0.717, 1.165) is 39.4 Å². The van der Waals surface area contributed by atoms with E-state index < -0.39 is 6.04 Å². The molecule has 0 aliphatic rings. The molecule has 0 saturated carbocycles. The monoisotopic (exact) mass is 743 g/mol. The number of nitrogens with zero attached hydrogens (tertiary/aromatic N) is 2. The fourth-order valence-corrected chi connectivity index (χ4v) is 8.56. The largest absolute Gasteiger partial charge is 0.311 e. The summed E-state index contributed by atoms with van der Waals surface area (Å²) in [5, 5.41) is 7.35. The fourth-order valence-electron chi connectivity index (χ4n) is 8.56. The molecule has 0 aliphatic carbocycles. The Hall–Kier alpha value is -7.68.